The van der Waals surface area contributed by atoms with E-state index in [1.54, 1.807) is 0 Å². The van der Waals surface area contributed by atoms with Crippen molar-refractivity contribution >= 4 is 16.7 Å². The number of rotatable bonds is 6. The number of aromatic nitrogens is 2. The smallest absolute Gasteiger partial charge is 0.170 e. The minimum atomic E-state index is -0.758. The summed E-state index contributed by atoms with van der Waals surface area (Å²) in [7, 11) is 0. The van der Waals surface area contributed by atoms with Gasteiger partial charge in [0, 0.05) is 18.5 Å². The van der Waals surface area contributed by atoms with Gasteiger partial charge in [-0.1, -0.05) is 18.2 Å². The van der Waals surface area contributed by atoms with Crippen LogP contribution in [0.25, 0.3) is 10.9 Å². The van der Waals surface area contributed by atoms with E-state index in [0.29, 0.717) is 13.0 Å². The van der Waals surface area contributed by atoms with Gasteiger partial charge in [0.1, 0.15) is 5.60 Å². The molecule has 4 heteroatoms. The average Bonchev–Trinajstić information content (AvgIpc) is 2.77. The fourth-order valence-electron chi connectivity index (χ4n) is 2.37. The number of nitrogens with zero attached hydrogens (tertiary/aromatic N) is 2. The van der Waals surface area contributed by atoms with Crippen LogP contribution in [0.5, 0.6) is 0 Å². The molecule has 0 atom stereocenters. The van der Waals surface area contributed by atoms with E-state index in [4.69, 9.17) is 4.74 Å². The third kappa shape index (κ3) is 2.75. The number of carbonyl (C=O) groups excluding carboxylic acids is 1. The Bertz CT molecular complexity index is 614. The highest BCUT2D eigenvalue weighted by atomic mass is 16.5. The van der Waals surface area contributed by atoms with Crippen LogP contribution in [0.1, 0.15) is 33.4 Å². The molecule has 20 heavy (non-hydrogen) atoms. The maximum atomic E-state index is 12.4. The molecule has 0 saturated carbocycles. The fourth-order valence-corrected chi connectivity index (χ4v) is 2.37. The fraction of sp³-hybridized carbons (Fsp3) is 0.500. The molecule has 0 aliphatic heterocycles. The Morgan fingerprint density at radius 1 is 1.30 bits per heavy atom. The monoisotopic (exact) mass is 274 g/mol. The molecule has 0 fully saturated rings. The average molecular weight is 274 g/mol. The lowest BCUT2D eigenvalue weighted by Gasteiger charge is -2.22. The van der Waals surface area contributed by atoms with E-state index in [1.165, 1.54) is 0 Å². The summed E-state index contributed by atoms with van der Waals surface area (Å²) in [5, 5.41) is 5.61. The quantitative estimate of drug-likeness (QED) is 0.813. The second-order valence-electron chi connectivity index (χ2n) is 5.32. The Kier molecular flexibility index (Phi) is 4.23. The minimum absolute atomic E-state index is 0.0610. The number of aryl methyl sites for hydroxylation is 1. The summed E-state index contributed by atoms with van der Waals surface area (Å²) in [6, 6.07) is 8.02. The zero-order chi connectivity index (χ0) is 14.8. The largest absolute Gasteiger partial charge is 0.368 e. The van der Waals surface area contributed by atoms with E-state index in [9.17, 15) is 4.79 Å². The third-order valence-electron chi connectivity index (χ3n) is 3.54. The van der Waals surface area contributed by atoms with Gasteiger partial charge in [0.05, 0.1) is 17.6 Å². The molecule has 2 aromatic rings. The molecule has 1 aromatic heterocycles. The van der Waals surface area contributed by atoms with Crippen LogP contribution < -0.4 is 0 Å². The molecule has 0 spiro atoms. The molecular formula is C16H22N2O2. The first-order chi connectivity index (χ1) is 9.49. The van der Waals surface area contributed by atoms with Crippen LogP contribution in [-0.4, -0.2) is 27.8 Å². The lowest BCUT2D eigenvalue weighted by molar-refractivity contribution is -0.139. The van der Waals surface area contributed by atoms with Crippen molar-refractivity contribution in [3.05, 3.63) is 30.0 Å². The Labute approximate surface area is 119 Å². The lowest BCUT2D eigenvalue weighted by atomic mass is 9.98. The molecule has 0 aliphatic carbocycles. The van der Waals surface area contributed by atoms with E-state index in [0.717, 1.165) is 23.1 Å². The summed E-state index contributed by atoms with van der Waals surface area (Å²) in [4.78, 5) is 12.4. The standard InChI is InChI=1S/C16H22N2O2/c1-5-18-14-10-8-7-9-12(14)13(17-18)11-15(19)16(3,4)20-6-2/h7-10H,5-6,11H2,1-4H3. The first kappa shape index (κ1) is 14.7. The van der Waals surface area contributed by atoms with Gasteiger partial charge < -0.3 is 4.74 Å². The van der Waals surface area contributed by atoms with Gasteiger partial charge in [-0.2, -0.15) is 5.10 Å². The van der Waals surface area contributed by atoms with Crippen LogP contribution in [0.3, 0.4) is 0 Å². The van der Waals surface area contributed by atoms with Crippen molar-refractivity contribution in [1.29, 1.82) is 0 Å². The first-order valence-electron chi connectivity index (χ1n) is 7.11. The van der Waals surface area contributed by atoms with Crippen LogP contribution in [0.4, 0.5) is 0 Å². The summed E-state index contributed by atoms with van der Waals surface area (Å²) in [5.41, 5.74) is 1.15. The molecule has 4 nitrogen and oxygen atoms in total. The number of ether oxygens (including phenoxy) is 1. The Morgan fingerprint density at radius 2 is 2.00 bits per heavy atom. The van der Waals surface area contributed by atoms with E-state index in [-0.39, 0.29) is 5.78 Å². The predicted molar refractivity (Wildman–Crippen MR) is 79.8 cm³/mol. The van der Waals surface area contributed by atoms with E-state index in [2.05, 4.69) is 12.0 Å². The molecule has 0 amide bonds. The first-order valence-corrected chi connectivity index (χ1v) is 7.11. The van der Waals surface area contributed by atoms with Gasteiger partial charge >= 0.3 is 0 Å². The summed E-state index contributed by atoms with van der Waals surface area (Å²) >= 11 is 0. The highest BCUT2D eigenvalue weighted by Crippen LogP contribution is 2.21. The normalized spacial score (nSPS) is 12.0. The number of ketones is 1. The molecule has 0 saturated heterocycles. The molecule has 0 unspecified atom stereocenters. The van der Waals surface area contributed by atoms with Gasteiger partial charge in [0.15, 0.2) is 5.78 Å². The number of benzene rings is 1. The van der Waals surface area contributed by atoms with Gasteiger partial charge in [-0.15, -0.1) is 0 Å². The van der Waals surface area contributed by atoms with Crippen molar-refractivity contribution in [2.45, 2.75) is 46.3 Å². The number of para-hydroxylation sites is 1. The topological polar surface area (TPSA) is 44.1 Å². The highest BCUT2D eigenvalue weighted by Gasteiger charge is 2.29. The molecule has 0 radical (unpaired) electrons. The second-order valence-corrected chi connectivity index (χ2v) is 5.32. The molecule has 108 valence electrons. The highest BCUT2D eigenvalue weighted by molar-refractivity contribution is 5.92. The zero-order valence-corrected chi connectivity index (χ0v) is 12.6. The summed E-state index contributed by atoms with van der Waals surface area (Å²) in [5.74, 6) is 0.0610. The van der Waals surface area contributed by atoms with Crippen LogP contribution >= 0.6 is 0 Å². The number of fused-ring (bicyclic) bond motifs is 1. The van der Waals surface area contributed by atoms with Gasteiger partial charge in [0.25, 0.3) is 0 Å². The molecule has 0 aliphatic rings. The van der Waals surface area contributed by atoms with E-state index >= 15 is 0 Å². The number of hydrogen-bond acceptors (Lipinski definition) is 3. The van der Waals surface area contributed by atoms with Gasteiger partial charge in [0.2, 0.25) is 0 Å². The van der Waals surface area contributed by atoms with Crippen molar-refractivity contribution in [2.75, 3.05) is 6.61 Å². The molecular weight excluding hydrogens is 252 g/mol. The number of Topliss-reactive ketones (excluding diaryl/α,β-unsaturated/α-hetero) is 1. The van der Waals surface area contributed by atoms with Gasteiger partial charge in [-0.25, -0.2) is 0 Å². The lowest BCUT2D eigenvalue weighted by Crippen LogP contribution is -2.36. The van der Waals surface area contributed by atoms with Crippen molar-refractivity contribution < 1.29 is 9.53 Å². The maximum absolute atomic E-state index is 12.4. The number of hydrogen-bond donors (Lipinski definition) is 0. The molecule has 1 heterocycles. The summed E-state index contributed by atoms with van der Waals surface area (Å²) < 4.78 is 7.46. The molecule has 0 N–H and O–H groups in total. The van der Waals surface area contributed by atoms with Crippen molar-refractivity contribution in [3.63, 3.8) is 0 Å². The Balaban J connectivity index is 2.33. The predicted octanol–water partition coefficient (Wildman–Crippen LogP) is 2.98. The maximum Gasteiger partial charge on any atom is 0.170 e. The van der Waals surface area contributed by atoms with Crippen molar-refractivity contribution in [3.8, 4) is 0 Å². The van der Waals surface area contributed by atoms with E-state index in [1.807, 2.05) is 49.7 Å². The van der Waals surface area contributed by atoms with Crippen LogP contribution in [-0.2, 0) is 22.5 Å². The van der Waals surface area contributed by atoms with Gasteiger partial charge in [-0.3, -0.25) is 9.48 Å². The Hall–Kier alpha value is -1.68. The minimum Gasteiger partial charge on any atom is -0.368 e. The molecule has 1 aromatic carbocycles. The van der Waals surface area contributed by atoms with Crippen LogP contribution in [0.2, 0.25) is 0 Å². The van der Waals surface area contributed by atoms with Gasteiger partial charge in [-0.05, 0) is 33.8 Å². The second kappa shape index (κ2) is 5.75. The summed E-state index contributed by atoms with van der Waals surface area (Å²) in [6.07, 6.45) is 0.306. The molecule has 0 bridgehead atoms. The van der Waals surface area contributed by atoms with Crippen molar-refractivity contribution in [1.82, 2.24) is 9.78 Å². The third-order valence-corrected chi connectivity index (χ3v) is 3.54. The van der Waals surface area contributed by atoms with E-state index < -0.39 is 5.60 Å². The molecule has 2 rings (SSSR count). The zero-order valence-electron chi connectivity index (χ0n) is 12.6. The summed E-state index contributed by atoms with van der Waals surface area (Å²) in [6.45, 7) is 8.91. The van der Waals surface area contributed by atoms with Crippen LogP contribution in [0.15, 0.2) is 24.3 Å². The van der Waals surface area contributed by atoms with Crippen LogP contribution in [0, 0.1) is 0 Å². The number of carbonyl (C=O) groups is 1. The van der Waals surface area contributed by atoms with Crippen molar-refractivity contribution in [2.24, 2.45) is 0 Å². The Morgan fingerprint density at radius 3 is 2.65 bits per heavy atom. The SMILES string of the molecule is CCOC(C)(C)C(=O)Cc1nn(CC)c2ccccc12.